The number of carboxylic acids is 1. The lowest BCUT2D eigenvalue weighted by molar-refractivity contribution is -0.150. The number of sulfonamides is 1. The van der Waals surface area contributed by atoms with E-state index in [2.05, 4.69) is 15.5 Å². The number of nitrogens with two attached hydrogens (primary N) is 1. The van der Waals surface area contributed by atoms with Gasteiger partial charge in [0.05, 0.1) is 4.90 Å². The van der Waals surface area contributed by atoms with Crippen LogP contribution in [-0.2, 0) is 40.5 Å². The molecule has 1 fully saturated rings. The Labute approximate surface area is 266 Å². The maximum Gasteiger partial charge on any atom is 0.352 e. The summed E-state index contributed by atoms with van der Waals surface area (Å²) in [4.78, 5) is 59.8. The van der Waals surface area contributed by atoms with Crippen LogP contribution in [0.5, 0.6) is 0 Å². The summed E-state index contributed by atoms with van der Waals surface area (Å²) in [6.45, 7) is 3.50. The van der Waals surface area contributed by atoms with Crippen molar-refractivity contribution < 1.29 is 37.5 Å². The van der Waals surface area contributed by atoms with Gasteiger partial charge in [-0.25, -0.2) is 18.2 Å². The molecule has 44 heavy (non-hydrogen) atoms. The standard InChI is InChI=1S/C26H30N6O8S4/c1-4-31(8-9-41-14(2)33)44(38,39)17-7-5-6-15(11-17)10-16-12-42-24-20(23(35)32(24)21(16)25(36)37)29-22(34)19(30-40-3)18-13-43-26(27)28-18/h5-7,11,13,20,24H,4,8-10,12H2,1-3H3,(H2,27,28)(H,29,34)(H,36,37)/b30-19-/t20-,24-/m1/s1. The number of benzene rings is 1. The van der Waals surface area contributed by atoms with E-state index in [1.807, 2.05) is 0 Å². The van der Waals surface area contributed by atoms with Crippen molar-refractivity contribution in [3.05, 3.63) is 52.2 Å². The summed E-state index contributed by atoms with van der Waals surface area (Å²) >= 11 is 3.42. The van der Waals surface area contributed by atoms with Crippen LogP contribution in [0, 0.1) is 0 Å². The van der Waals surface area contributed by atoms with Crippen molar-refractivity contribution in [3.63, 3.8) is 0 Å². The van der Waals surface area contributed by atoms with Crippen LogP contribution >= 0.6 is 34.9 Å². The number of aromatic nitrogens is 1. The van der Waals surface area contributed by atoms with Gasteiger partial charge < -0.3 is 21.0 Å². The van der Waals surface area contributed by atoms with E-state index in [-0.39, 0.29) is 57.5 Å². The molecule has 0 aliphatic carbocycles. The summed E-state index contributed by atoms with van der Waals surface area (Å²) in [5, 5.41) is 17.3. The van der Waals surface area contributed by atoms with Gasteiger partial charge in [-0.2, -0.15) is 4.31 Å². The fraction of sp³-hybridized carbons (Fsp3) is 0.385. The Morgan fingerprint density at radius 1 is 1.34 bits per heavy atom. The summed E-state index contributed by atoms with van der Waals surface area (Å²) in [5.41, 5.74) is 6.42. The van der Waals surface area contributed by atoms with Gasteiger partial charge in [0, 0.05) is 36.9 Å². The van der Waals surface area contributed by atoms with Crippen molar-refractivity contribution in [2.75, 3.05) is 37.4 Å². The number of thiazole rings is 1. The molecule has 18 heteroatoms. The zero-order valence-corrected chi connectivity index (χ0v) is 27.1. The number of thioether (sulfide) groups is 2. The van der Waals surface area contributed by atoms with Crippen LogP contribution < -0.4 is 11.1 Å². The predicted molar refractivity (Wildman–Crippen MR) is 167 cm³/mol. The minimum atomic E-state index is -3.87. The van der Waals surface area contributed by atoms with E-state index in [0.717, 1.165) is 28.0 Å². The van der Waals surface area contributed by atoms with Gasteiger partial charge in [0.25, 0.3) is 11.8 Å². The lowest BCUT2D eigenvalue weighted by atomic mass is 9.99. The molecular formula is C26H30N6O8S4. The number of amides is 2. The molecule has 14 nitrogen and oxygen atoms in total. The van der Waals surface area contributed by atoms with Gasteiger partial charge in [0.15, 0.2) is 16.0 Å². The number of hydrogen-bond donors (Lipinski definition) is 3. The molecule has 0 spiro atoms. The van der Waals surface area contributed by atoms with E-state index < -0.39 is 39.2 Å². The second-order valence-corrected chi connectivity index (χ2v) is 14.7. The van der Waals surface area contributed by atoms with E-state index in [4.69, 9.17) is 10.6 Å². The van der Waals surface area contributed by atoms with Crippen LogP contribution in [0.25, 0.3) is 0 Å². The molecule has 2 aliphatic rings. The molecule has 236 valence electrons. The first-order chi connectivity index (χ1) is 20.9. The molecule has 2 aromatic rings. The van der Waals surface area contributed by atoms with Crippen LogP contribution in [0.15, 0.2) is 51.0 Å². The lowest BCUT2D eigenvalue weighted by Crippen LogP contribution is -2.71. The topological polar surface area (TPSA) is 202 Å². The Morgan fingerprint density at radius 2 is 2.09 bits per heavy atom. The number of nitrogens with one attached hydrogen (secondary N) is 1. The lowest BCUT2D eigenvalue weighted by Gasteiger charge is -2.49. The fourth-order valence-corrected chi connectivity index (χ4v) is 8.80. The molecule has 0 radical (unpaired) electrons. The number of fused-ring (bicyclic) bond motifs is 1. The number of nitrogen functional groups attached to an aromatic ring is 1. The van der Waals surface area contributed by atoms with Crippen molar-refractivity contribution in [1.82, 2.24) is 19.5 Å². The maximum absolute atomic E-state index is 13.3. The van der Waals surface area contributed by atoms with Crippen molar-refractivity contribution in [2.45, 2.75) is 36.6 Å². The molecule has 0 unspecified atom stereocenters. The van der Waals surface area contributed by atoms with E-state index in [9.17, 15) is 32.7 Å². The molecular weight excluding hydrogens is 653 g/mol. The number of carboxylic acid groups (broad SMARTS) is 1. The quantitative estimate of drug-likeness (QED) is 0.156. The third-order valence-corrected chi connectivity index (χ3v) is 11.4. The summed E-state index contributed by atoms with van der Waals surface area (Å²) in [7, 11) is -2.62. The first-order valence-electron chi connectivity index (χ1n) is 13.1. The number of carbonyl (C=O) groups excluding carboxylic acids is 3. The number of nitrogens with zero attached hydrogens (tertiary/aromatic N) is 4. The molecule has 1 saturated heterocycles. The van der Waals surface area contributed by atoms with Crippen LogP contribution in [0.3, 0.4) is 0 Å². The SMILES string of the molecule is CCN(CCSC(C)=O)S(=O)(=O)c1cccc(CC2=C(C(=O)O)N3C(=O)[C@@H](NC(=O)/C(=N\OC)c4csc(N)n4)[C@H]3SC2)c1. The zero-order chi connectivity index (χ0) is 32.2. The number of carbonyl (C=O) groups is 4. The highest BCUT2D eigenvalue weighted by Gasteiger charge is 2.54. The highest BCUT2D eigenvalue weighted by Crippen LogP contribution is 2.41. The smallest absolute Gasteiger partial charge is 0.352 e. The molecule has 4 rings (SSSR count). The molecule has 1 aromatic carbocycles. The predicted octanol–water partition coefficient (Wildman–Crippen LogP) is 1.35. The molecule has 2 aliphatic heterocycles. The average Bonchev–Trinajstić information content (AvgIpc) is 3.41. The van der Waals surface area contributed by atoms with Crippen molar-refractivity contribution in [2.24, 2.45) is 5.16 Å². The highest BCUT2D eigenvalue weighted by atomic mass is 32.2. The van der Waals surface area contributed by atoms with Crippen LogP contribution in [0.4, 0.5) is 5.13 Å². The molecule has 2 atom stereocenters. The summed E-state index contributed by atoms with van der Waals surface area (Å²) in [6, 6.07) is 5.20. The van der Waals surface area contributed by atoms with Gasteiger partial charge in [0.2, 0.25) is 10.0 Å². The third kappa shape index (κ3) is 7.09. The Morgan fingerprint density at radius 3 is 2.70 bits per heavy atom. The Kier molecular flexibility index (Phi) is 10.7. The average molecular weight is 683 g/mol. The van der Waals surface area contributed by atoms with Crippen molar-refractivity contribution in [3.8, 4) is 0 Å². The number of anilines is 1. The van der Waals surface area contributed by atoms with Crippen LogP contribution in [0.2, 0.25) is 0 Å². The summed E-state index contributed by atoms with van der Waals surface area (Å²) in [5.74, 6) is -2.11. The second kappa shape index (κ2) is 14.1. The largest absolute Gasteiger partial charge is 0.477 e. The third-order valence-electron chi connectivity index (χ3n) is 6.65. The highest BCUT2D eigenvalue weighted by molar-refractivity contribution is 8.13. The molecule has 0 saturated carbocycles. The molecule has 2 amide bonds. The first kappa shape index (κ1) is 33.4. The van der Waals surface area contributed by atoms with Gasteiger partial charge in [-0.05, 0) is 29.7 Å². The van der Waals surface area contributed by atoms with Gasteiger partial charge in [0.1, 0.15) is 29.9 Å². The molecule has 3 heterocycles. The Bertz CT molecular complexity index is 1640. The zero-order valence-electron chi connectivity index (χ0n) is 23.9. The number of aliphatic carboxylic acids is 1. The summed E-state index contributed by atoms with van der Waals surface area (Å²) < 4.78 is 27.9. The van der Waals surface area contributed by atoms with Crippen LogP contribution in [0.1, 0.15) is 25.1 Å². The van der Waals surface area contributed by atoms with Gasteiger partial charge in [-0.15, -0.1) is 23.1 Å². The number of hydrogen-bond acceptors (Lipinski definition) is 13. The van der Waals surface area contributed by atoms with E-state index in [1.165, 1.54) is 47.6 Å². The Balaban J connectivity index is 1.52. The molecule has 1 aromatic heterocycles. The van der Waals surface area contributed by atoms with Crippen molar-refractivity contribution in [1.29, 1.82) is 0 Å². The summed E-state index contributed by atoms with van der Waals surface area (Å²) in [6.07, 6.45) is 0.0910. The van der Waals surface area contributed by atoms with Gasteiger partial charge in [-0.1, -0.05) is 36.0 Å². The fourth-order valence-electron chi connectivity index (χ4n) is 4.67. The Hall–Kier alpha value is -3.45. The van der Waals surface area contributed by atoms with Gasteiger partial charge >= 0.3 is 5.97 Å². The van der Waals surface area contributed by atoms with Crippen molar-refractivity contribution >= 4 is 78.6 Å². The molecule has 0 bridgehead atoms. The monoisotopic (exact) mass is 682 g/mol. The van der Waals surface area contributed by atoms with Gasteiger partial charge in [-0.3, -0.25) is 19.3 Å². The maximum atomic E-state index is 13.3. The number of rotatable bonds is 13. The first-order valence-corrected chi connectivity index (χ1v) is 17.5. The normalized spacial score (nSPS) is 18.6. The van der Waals surface area contributed by atoms with E-state index >= 15 is 0 Å². The number of oxime groups is 1. The number of β-lactam (4-membered cyclic amide) rings is 1. The van der Waals surface area contributed by atoms with Crippen LogP contribution in [-0.4, -0.2) is 99.4 Å². The minimum absolute atomic E-state index is 0.0432. The second-order valence-electron chi connectivity index (χ2n) is 9.47. The van der Waals surface area contributed by atoms with E-state index in [1.54, 1.807) is 19.1 Å². The van der Waals surface area contributed by atoms with E-state index in [0.29, 0.717) is 16.9 Å². The molecule has 4 N–H and O–H groups in total. The minimum Gasteiger partial charge on any atom is -0.477 e.